The van der Waals surface area contributed by atoms with E-state index in [0.29, 0.717) is 19.8 Å². The van der Waals surface area contributed by atoms with E-state index >= 15 is 0 Å². The zero-order valence-electron chi connectivity index (χ0n) is 10.1. The van der Waals surface area contributed by atoms with Crippen LogP contribution in [0.3, 0.4) is 0 Å². The van der Waals surface area contributed by atoms with E-state index in [4.69, 9.17) is 14.0 Å². The van der Waals surface area contributed by atoms with Gasteiger partial charge in [0.1, 0.15) is 6.61 Å². The monoisotopic (exact) mass is 216 g/mol. The van der Waals surface area contributed by atoms with Gasteiger partial charge in [-0.1, -0.05) is 27.7 Å². The van der Waals surface area contributed by atoms with Crippen molar-refractivity contribution in [2.24, 2.45) is 10.8 Å². The van der Waals surface area contributed by atoms with Gasteiger partial charge in [0.05, 0.1) is 0 Å². The highest BCUT2D eigenvalue weighted by atomic mass is 16.9. The fourth-order valence-corrected chi connectivity index (χ4v) is 1.74. The van der Waals surface area contributed by atoms with Crippen LogP contribution < -0.4 is 0 Å². The van der Waals surface area contributed by atoms with Gasteiger partial charge < -0.3 is 18.6 Å². The van der Waals surface area contributed by atoms with Crippen LogP contribution >= 0.6 is 0 Å². The van der Waals surface area contributed by atoms with Crippen LogP contribution in [0.2, 0.25) is 0 Å². The van der Waals surface area contributed by atoms with Crippen molar-refractivity contribution in [1.29, 1.82) is 0 Å². The Morgan fingerprint density at radius 3 is 1.73 bits per heavy atom. The van der Waals surface area contributed by atoms with Crippen LogP contribution in [0.15, 0.2) is 0 Å². The fraction of sp³-hybridized carbons (Fsp3) is 1.00. The van der Waals surface area contributed by atoms with E-state index in [1.165, 1.54) is 0 Å². The quantitative estimate of drug-likeness (QED) is 0.449. The van der Waals surface area contributed by atoms with Crippen molar-refractivity contribution >= 4 is 6.96 Å². The van der Waals surface area contributed by atoms with Crippen molar-refractivity contribution in [2.75, 3.05) is 26.4 Å². The first kappa shape index (κ1) is 11.4. The predicted molar refractivity (Wildman–Crippen MR) is 58.3 cm³/mol. The van der Waals surface area contributed by atoms with Gasteiger partial charge in [0, 0.05) is 30.7 Å². The molecule has 0 bridgehead atoms. The van der Waals surface area contributed by atoms with Gasteiger partial charge in [-0.15, -0.1) is 0 Å². The van der Waals surface area contributed by atoms with Gasteiger partial charge in [-0.3, -0.25) is 0 Å². The van der Waals surface area contributed by atoms with Gasteiger partial charge in [-0.25, -0.2) is 0 Å². The lowest BCUT2D eigenvalue weighted by Gasteiger charge is -2.49. The van der Waals surface area contributed by atoms with Crippen molar-refractivity contribution in [3.63, 3.8) is 0 Å². The topological polar surface area (TPSA) is 40.5 Å². The largest absolute Gasteiger partial charge is 0.730 e. The summed E-state index contributed by atoms with van der Waals surface area (Å²) in [5.41, 5.74) is 0.172. The molecule has 0 unspecified atom stereocenters. The molecule has 0 saturated carbocycles. The number of rotatable bonds is 0. The molecule has 2 aliphatic heterocycles. The Bertz CT molecular complexity index is 202. The van der Waals surface area contributed by atoms with E-state index < -0.39 is 6.96 Å². The Morgan fingerprint density at radius 2 is 1.33 bits per heavy atom. The Balaban J connectivity index is 1.95. The maximum absolute atomic E-state index is 5.67. The van der Waals surface area contributed by atoms with E-state index in [1.807, 2.05) is 0 Å². The molecule has 2 heterocycles. The molecule has 1 N–H and O–H groups in total. The van der Waals surface area contributed by atoms with Gasteiger partial charge in [0.2, 0.25) is 0 Å². The van der Waals surface area contributed by atoms with Gasteiger partial charge in [0.25, 0.3) is 0 Å². The van der Waals surface area contributed by atoms with Crippen LogP contribution in [-0.4, -0.2) is 38.0 Å². The van der Waals surface area contributed by atoms with E-state index in [2.05, 4.69) is 32.3 Å². The average molecular weight is 216 g/mol. The summed E-state index contributed by atoms with van der Waals surface area (Å²) in [7, 11) is 0. The third kappa shape index (κ3) is 2.53. The summed E-state index contributed by atoms with van der Waals surface area (Å²) in [5, 5.41) is 0. The Kier molecular flexibility index (Phi) is 2.62. The molecule has 4 nitrogen and oxygen atoms in total. The summed E-state index contributed by atoms with van der Waals surface area (Å²) in [6, 6.07) is 0. The molecule has 0 aromatic heterocycles. The lowest BCUT2D eigenvalue weighted by atomic mass is 9.86. The van der Waals surface area contributed by atoms with E-state index in [9.17, 15) is 0 Å². The molecular weight excluding hydrogens is 195 g/mol. The molecule has 2 aliphatic rings. The molecule has 2 rings (SSSR count). The predicted octanol–water partition coefficient (Wildman–Crippen LogP) is 1.08. The molecule has 0 aromatic carbocycles. The highest BCUT2D eigenvalue weighted by molar-refractivity contribution is 6.53. The Morgan fingerprint density at radius 1 is 0.867 bits per heavy atom. The van der Waals surface area contributed by atoms with Crippen molar-refractivity contribution < 1.29 is 18.6 Å². The lowest BCUT2D eigenvalue weighted by molar-refractivity contribution is -0.198. The minimum Gasteiger partial charge on any atom is -0.604 e. The lowest BCUT2D eigenvalue weighted by Crippen LogP contribution is -2.63. The van der Waals surface area contributed by atoms with Gasteiger partial charge in [-0.2, -0.15) is 0 Å². The van der Waals surface area contributed by atoms with Gasteiger partial charge in [-0.05, 0) is 0 Å². The average Bonchev–Trinajstić information content (AvgIpc) is 2.15. The summed E-state index contributed by atoms with van der Waals surface area (Å²) >= 11 is 0. The van der Waals surface area contributed by atoms with Crippen LogP contribution in [0.1, 0.15) is 27.7 Å². The molecule has 88 valence electrons. The normalized spacial score (nSPS) is 32.8. The van der Waals surface area contributed by atoms with Crippen molar-refractivity contribution in [3.8, 4) is 0 Å². The van der Waals surface area contributed by atoms with E-state index in [0.717, 1.165) is 6.61 Å². The summed E-state index contributed by atoms with van der Waals surface area (Å²) in [6.07, 6.45) is 0. The van der Waals surface area contributed by atoms with Crippen molar-refractivity contribution in [2.45, 2.75) is 27.7 Å². The van der Waals surface area contributed by atoms with Gasteiger partial charge >= 0.3 is 6.96 Å². The van der Waals surface area contributed by atoms with Gasteiger partial charge in [0.15, 0.2) is 0 Å². The second kappa shape index (κ2) is 3.45. The highest BCUT2D eigenvalue weighted by Crippen LogP contribution is 2.32. The summed E-state index contributed by atoms with van der Waals surface area (Å²) in [6.45, 7) is 9.39. The molecule has 2 saturated heterocycles. The highest BCUT2D eigenvalue weighted by Gasteiger charge is 2.52. The first-order valence-electron chi connectivity index (χ1n) is 5.56. The smallest absolute Gasteiger partial charge is 0.604 e. The van der Waals surface area contributed by atoms with Crippen molar-refractivity contribution in [1.82, 2.24) is 0 Å². The maximum atomic E-state index is 5.67. The van der Waals surface area contributed by atoms with Crippen molar-refractivity contribution in [3.05, 3.63) is 0 Å². The molecule has 0 radical (unpaired) electrons. The first-order valence-corrected chi connectivity index (χ1v) is 5.56. The maximum Gasteiger partial charge on any atom is 0.730 e. The first-order chi connectivity index (χ1) is 6.83. The number of hydrogen-bond donors (Lipinski definition) is 0. The van der Waals surface area contributed by atoms with E-state index in [-0.39, 0.29) is 10.8 Å². The Labute approximate surface area is 91.3 Å². The molecule has 0 atom stereocenters. The molecular formula is C10H21BO4. The molecule has 0 aliphatic carbocycles. The molecule has 0 amide bonds. The zero-order chi connectivity index (χ0) is 11.2. The molecule has 2 fully saturated rings. The summed E-state index contributed by atoms with van der Waals surface area (Å²) < 4.78 is 21.4. The molecule has 1 spiro atoms. The molecule has 0 aromatic rings. The fourth-order valence-electron chi connectivity index (χ4n) is 1.74. The summed E-state index contributed by atoms with van der Waals surface area (Å²) in [4.78, 5) is 0. The van der Waals surface area contributed by atoms with Crippen LogP contribution in [-0.2, 0) is 14.0 Å². The van der Waals surface area contributed by atoms with Crippen LogP contribution in [0, 0.1) is 10.8 Å². The second-order valence-corrected chi connectivity index (χ2v) is 6.21. The SMILES string of the molecule is CC1(C)CO[B-]2(OC1)OCC(C)(C)C[OH+]2. The van der Waals surface area contributed by atoms with Crippen LogP contribution in [0.25, 0.3) is 0 Å². The molecule has 5 heteroatoms. The third-order valence-corrected chi connectivity index (χ3v) is 2.80. The second-order valence-electron chi connectivity index (χ2n) is 6.21. The number of aliphatic hydroxyl groups is 1. The minimum atomic E-state index is -1.79. The minimum absolute atomic E-state index is 0.0683. The standard InChI is InChI=1S/C10H21BO4/c1-9(2)5-12-11(13-6-9)14-7-10(3,4)8-15-11/h12H,5-8H2,1-4H3. The third-order valence-electron chi connectivity index (χ3n) is 2.80. The number of hydrogen-bond acceptors (Lipinski definition) is 3. The van der Waals surface area contributed by atoms with E-state index in [1.54, 1.807) is 0 Å². The van der Waals surface area contributed by atoms with Crippen LogP contribution in [0.4, 0.5) is 0 Å². The molecule has 15 heavy (non-hydrogen) atoms. The van der Waals surface area contributed by atoms with Crippen LogP contribution in [0.5, 0.6) is 0 Å². The Hall–Kier alpha value is -0.0951. The summed E-state index contributed by atoms with van der Waals surface area (Å²) in [5.74, 6) is 0. The zero-order valence-corrected chi connectivity index (χ0v) is 10.1.